The average molecular weight is 532 g/mol. The van der Waals surface area contributed by atoms with Crippen molar-refractivity contribution in [2.45, 2.75) is 17.2 Å². The Bertz CT molecular complexity index is 1290. The van der Waals surface area contributed by atoms with E-state index in [2.05, 4.69) is 10.2 Å². The number of ether oxygens (including phenoxy) is 1. The van der Waals surface area contributed by atoms with E-state index >= 15 is 0 Å². The van der Waals surface area contributed by atoms with E-state index in [1.165, 1.54) is 24.3 Å². The van der Waals surface area contributed by atoms with Crippen molar-refractivity contribution in [2.75, 3.05) is 35.9 Å². The van der Waals surface area contributed by atoms with Gasteiger partial charge in [-0.15, -0.1) is 10.2 Å². The molecule has 14 heteroatoms. The molecule has 1 N–H and O–H groups in total. The number of alkyl halides is 6. The van der Waals surface area contributed by atoms with E-state index in [-0.39, 0.29) is 23.9 Å². The van der Waals surface area contributed by atoms with Crippen molar-refractivity contribution >= 4 is 21.5 Å². The molecule has 1 fully saturated rings. The van der Waals surface area contributed by atoms with Crippen LogP contribution < -0.4 is 9.62 Å². The lowest BCUT2D eigenvalue weighted by atomic mass is 10.1. The number of nitrogens with one attached hydrogen (secondary N) is 1. The van der Waals surface area contributed by atoms with Gasteiger partial charge in [0.05, 0.1) is 34.9 Å². The van der Waals surface area contributed by atoms with Crippen molar-refractivity contribution in [2.24, 2.45) is 0 Å². The van der Waals surface area contributed by atoms with E-state index in [4.69, 9.17) is 4.74 Å². The summed E-state index contributed by atoms with van der Waals surface area (Å²) in [5.74, 6) is 0.672. The standard InChI is InChI=1S/C22H18F6N4O3S/c23-21(24,25)15-11-16(22(26,27)28)13-18(12-15)36(33,34)31-17-3-1-14(2-4-17)19-5-6-20(30-29-19)32-7-9-35-10-8-32/h1-6,11-13,31H,7-10H2. The van der Waals surface area contributed by atoms with Gasteiger partial charge in [-0.3, -0.25) is 4.72 Å². The summed E-state index contributed by atoms with van der Waals surface area (Å²) in [6.45, 7) is 2.52. The Labute approximate surface area is 201 Å². The van der Waals surface area contributed by atoms with Gasteiger partial charge in [0.2, 0.25) is 0 Å². The molecule has 1 saturated heterocycles. The van der Waals surface area contributed by atoms with Crippen molar-refractivity contribution in [3.63, 3.8) is 0 Å². The van der Waals surface area contributed by atoms with Gasteiger partial charge in [0.1, 0.15) is 0 Å². The van der Waals surface area contributed by atoms with Gasteiger partial charge in [0.15, 0.2) is 5.82 Å². The van der Waals surface area contributed by atoms with Crippen LogP contribution in [-0.2, 0) is 27.1 Å². The summed E-state index contributed by atoms with van der Waals surface area (Å²) >= 11 is 0. The van der Waals surface area contributed by atoms with Crippen molar-refractivity contribution in [3.05, 3.63) is 65.7 Å². The molecule has 0 unspecified atom stereocenters. The maximum absolute atomic E-state index is 13.1. The van der Waals surface area contributed by atoms with Crippen molar-refractivity contribution in [1.29, 1.82) is 0 Å². The van der Waals surface area contributed by atoms with Crippen LogP contribution in [0.15, 0.2) is 59.5 Å². The van der Waals surface area contributed by atoms with E-state index in [9.17, 15) is 34.8 Å². The number of aromatic nitrogens is 2. The van der Waals surface area contributed by atoms with Crippen LogP contribution in [-0.4, -0.2) is 44.9 Å². The Kier molecular flexibility index (Phi) is 6.84. The first-order valence-electron chi connectivity index (χ1n) is 10.4. The number of rotatable bonds is 5. The molecule has 2 aromatic carbocycles. The third-order valence-corrected chi connectivity index (χ3v) is 6.65. The zero-order valence-corrected chi connectivity index (χ0v) is 19.1. The van der Waals surface area contributed by atoms with Crippen LogP contribution in [0.4, 0.5) is 37.8 Å². The predicted molar refractivity (Wildman–Crippen MR) is 118 cm³/mol. The SMILES string of the molecule is O=S(=O)(Nc1ccc(-c2ccc(N3CCOCC3)nn2)cc1)c1cc(C(F)(F)F)cc(C(F)(F)F)c1. The quantitative estimate of drug-likeness (QED) is 0.475. The molecular formula is C22H18F6N4O3S. The third-order valence-electron chi connectivity index (χ3n) is 5.29. The monoisotopic (exact) mass is 532 g/mol. The molecule has 1 aliphatic rings. The van der Waals surface area contributed by atoms with Gasteiger partial charge in [0, 0.05) is 24.3 Å². The molecule has 0 bridgehead atoms. The highest BCUT2D eigenvalue weighted by Crippen LogP contribution is 2.37. The van der Waals surface area contributed by atoms with Crippen LogP contribution >= 0.6 is 0 Å². The van der Waals surface area contributed by atoms with Crippen molar-refractivity contribution in [3.8, 4) is 11.3 Å². The number of hydrogen-bond donors (Lipinski definition) is 1. The summed E-state index contributed by atoms with van der Waals surface area (Å²) in [4.78, 5) is 0.842. The lowest BCUT2D eigenvalue weighted by molar-refractivity contribution is -0.143. The van der Waals surface area contributed by atoms with Crippen LogP contribution in [0.3, 0.4) is 0 Å². The Hall–Kier alpha value is -3.39. The first-order chi connectivity index (χ1) is 16.8. The summed E-state index contributed by atoms with van der Waals surface area (Å²) in [5.41, 5.74) is -2.48. The molecule has 4 rings (SSSR count). The summed E-state index contributed by atoms with van der Waals surface area (Å²) in [7, 11) is -4.77. The van der Waals surface area contributed by atoms with Gasteiger partial charge in [-0.05, 0) is 42.5 Å². The fraction of sp³-hybridized carbons (Fsp3) is 0.273. The van der Waals surface area contributed by atoms with Gasteiger partial charge in [-0.25, -0.2) is 8.42 Å². The number of halogens is 6. The summed E-state index contributed by atoms with van der Waals surface area (Å²) in [5, 5.41) is 8.34. The molecule has 0 saturated carbocycles. The smallest absolute Gasteiger partial charge is 0.378 e. The molecule has 0 radical (unpaired) electrons. The van der Waals surface area contributed by atoms with Gasteiger partial charge in [-0.2, -0.15) is 26.3 Å². The first-order valence-corrected chi connectivity index (χ1v) is 11.9. The highest BCUT2D eigenvalue weighted by Gasteiger charge is 2.38. The number of morpholine rings is 1. The minimum atomic E-state index is -5.18. The molecule has 3 aromatic rings. The van der Waals surface area contributed by atoms with E-state index < -0.39 is 38.4 Å². The van der Waals surface area contributed by atoms with E-state index in [1.54, 1.807) is 12.1 Å². The highest BCUT2D eigenvalue weighted by molar-refractivity contribution is 7.92. The maximum atomic E-state index is 13.1. The average Bonchev–Trinajstić information content (AvgIpc) is 2.84. The highest BCUT2D eigenvalue weighted by atomic mass is 32.2. The Morgan fingerprint density at radius 2 is 1.39 bits per heavy atom. The largest absolute Gasteiger partial charge is 0.416 e. The molecule has 0 spiro atoms. The fourth-order valence-corrected chi connectivity index (χ4v) is 4.57. The molecule has 0 aliphatic carbocycles. The summed E-state index contributed by atoms with van der Waals surface area (Å²) in [6, 6.07) is 9.25. The molecule has 192 valence electrons. The van der Waals surface area contributed by atoms with Crippen LogP contribution in [0.2, 0.25) is 0 Å². The first kappa shape index (κ1) is 25.7. The Morgan fingerprint density at radius 3 is 1.89 bits per heavy atom. The van der Waals surface area contributed by atoms with E-state index in [0.29, 0.717) is 43.4 Å². The second-order valence-electron chi connectivity index (χ2n) is 7.80. The molecule has 1 aliphatic heterocycles. The van der Waals surface area contributed by atoms with Crippen LogP contribution in [0.5, 0.6) is 0 Å². The van der Waals surface area contributed by atoms with Crippen LogP contribution in [0.1, 0.15) is 11.1 Å². The zero-order valence-electron chi connectivity index (χ0n) is 18.3. The molecule has 1 aromatic heterocycles. The topological polar surface area (TPSA) is 84.4 Å². The maximum Gasteiger partial charge on any atom is 0.416 e. The number of sulfonamides is 1. The van der Waals surface area contributed by atoms with E-state index in [0.717, 1.165) is 0 Å². The van der Waals surface area contributed by atoms with E-state index in [1.807, 2.05) is 9.62 Å². The normalized spacial score (nSPS) is 15.1. The van der Waals surface area contributed by atoms with Gasteiger partial charge in [0.25, 0.3) is 10.0 Å². The summed E-state index contributed by atoms with van der Waals surface area (Å²) in [6.07, 6.45) is -10.4. The number of hydrogen-bond acceptors (Lipinski definition) is 6. The van der Waals surface area contributed by atoms with Gasteiger partial charge < -0.3 is 9.64 Å². The summed E-state index contributed by atoms with van der Waals surface area (Å²) < 4.78 is 111. The molecule has 36 heavy (non-hydrogen) atoms. The van der Waals surface area contributed by atoms with Crippen molar-refractivity contribution in [1.82, 2.24) is 10.2 Å². The van der Waals surface area contributed by atoms with Gasteiger partial charge >= 0.3 is 12.4 Å². The molecule has 7 nitrogen and oxygen atoms in total. The minimum absolute atomic E-state index is 0.0670. The third kappa shape index (κ3) is 5.87. The second-order valence-corrected chi connectivity index (χ2v) is 9.48. The number of anilines is 2. The molecule has 2 heterocycles. The molecule has 0 atom stereocenters. The zero-order chi connectivity index (χ0) is 26.1. The number of benzene rings is 2. The van der Waals surface area contributed by atoms with Gasteiger partial charge in [-0.1, -0.05) is 12.1 Å². The van der Waals surface area contributed by atoms with Crippen LogP contribution in [0.25, 0.3) is 11.3 Å². The number of nitrogens with zero attached hydrogens (tertiary/aromatic N) is 3. The Balaban J connectivity index is 1.54. The fourth-order valence-electron chi connectivity index (χ4n) is 3.44. The molecule has 0 amide bonds. The lowest BCUT2D eigenvalue weighted by Crippen LogP contribution is -2.36. The Morgan fingerprint density at radius 1 is 0.806 bits per heavy atom. The predicted octanol–water partition coefficient (Wildman–Crippen LogP) is 4.82. The molecular weight excluding hydrogens is 514 g/mol. The lowest BCUT2D eigenvalue weighted by Gasteiger charge is -2.27. The minimum Gasteiger partial charge on any atom is -0.378 e. The van der Waals surface area contributed by atoms with Crippen molar-refractivity contribution < 1.29 is 39.5 Å². The second kappa shape index (κ2) is 9.58. The van der Waals surface area contributed by atoms with Crippen LogP contribution in [0, 0.1) is 0 Å².